The summed E-state index contributed by atoms with van der Waals surface area (Å²) in [4.78, 5) is 12.0. The van der Waals surface area contributed by atoms with E-state index >= 15 is 0 Å². The molecule has 110 valence electrons. The zero-order valence-corrected chi connectivity index (χ0v) is 13.4. The van der Waals surface area contributed by atoms with Crippen molar-refractivity contribution in [3.05, 3.63) is 28.2 Å². The van der Waals surface area contributed by atoms with Crippen LogP contribution in [0.15, 0.2) is 22.7 Å². The van der Waals surface area contributed by atoms with Gasteiger partial charge in [-0.3, -0.25) is 4.79 Å². The molecule has 0 bridgehead atoms. The Morgan fingerprint density at radius 3 is 3.05 bits per heavy atom. The number of nitrogens with one attached hydrogen (secondary N) is 1. The lowest BCUT2D eigenvalue weighted by atomic mass is 10.1. The third-order valence-corrected chi connectivity index (χ3v) is 3.97. The summed E-state index contributed by atoms with van der Waals surface area (Å²) in [5.74, 6) is 0.790. The van der Waals surface area contributed by atoms with Gasteiger partial charge in [-0.05, 0) is 31.9 Å². The lowest BCUT2D eigenvalue weighted by Crippen LogP contribution is -2.29. The predicted molar refractivity (Wildman–Crippen MR) is 80.8 cm³/mol. The number of carbonyl (C=O) groups excluding carboxylic acids is 1. The molecular formula is C15H20BrNO3. The van der Waals surface area contributed by atoms with Crippen LogP contribution in [0.3, 0.4) is 0 Å². The first kappa shape index (κ1) is 15.3. The highest BCUT2D eigenvalue weighted by molar-refractivity contribution is 9.10. The summed E-state index contributed by atoms with van der Waals surface area (Å²) in [5.41, 5.74) is 0.969. The maximum absolute atomic E-state index is 12.0. The molecule has 4 nitrogen and oxygen atoms in total. The quantitative estimate of drug-likeness (QED) is 0.894. The number of carbonyl (C=O) groups is 1. The fourth-order valence-electron chi connectivity index (χ4n) is 2.43. The van der Waals surface area contributed by atoms with Crippen LogP contribution >= 0.6 is 15.9 Å². The Morgan fingerprint density at radius 2 is 2.40 bits per heavy atom. The first-order valence-corrected chi connectivity index (χ1v) is 7.64. The van der Waals surface area contributed by atoms with Gasteiger partial charge >= 0.3 is 0 Å². The van der Waals surface area contributed by atoms with E-state index < -0.39 is 0 Å². The zero-order chi connectivity index (χ0) is 14.5. The molecule has 0 spiro atoms. The third kappa shape index (κ3) is 3.96. The second-order valence-corrected chi connectivity index (χ2v) is 5.93. The Labute approximate surface area is 128 Å². The summed E-state index contributed by atoms with van der Waals surface area (Å²) in [7, 11) is 1.63. The van der Waals surface area contributed by atoms with Crippen LogP contribution in [0.4, 0.5) is 0 Å². The molecule has 20 heavy (non-hydrogen) atoms. The van der Waals surface area contributed by atoms with E-state index in [1.165, 1.54) is 0 Å². The predicted octanol–water partition coefficient (Wildman–Crippen LogP) is 3.20. The lowest BCUT2D eigenvalue weighted by Gasteiger charge is -2.18. The molecular weight excluding hydrogens is 322 g/mol. The van der Waals surface area contributed by atoms with Gasteiger partial charge in [0.15, 0.2) is 0 Å². The van der Waals surface area contributed by atoms with E-state index in [1.807, 2.05) is 25.1 Å². The molecule has 0 aromatic heterocycles. The summed E-state index contributed by atoms with van der Waals surface area (Å²) < 4.78 is 11.8. The highest BCUT2D eigenvalue weighted by Gasteiger charge is 2.21. The number of methoxy groups -OCH3 is 1. The van der Waals surface area contributed by atoms with E-state index in [0.717, 1.165) is 35.2 Å². The fraction of sp³-hybridized carbons (Fsp3) is 0.533. The van der Waals surface area contributed by atoms with Gasteiger partial charge in [0, 0.05) is 16.6 Å². The van der Waals surface area contributed by atoms with Crippen molar-refractivity contribution in [2.24, 2.45) is 0 Å². The summed E-state index contributed by atoms with van der Waals surface area (Å²) >= 11 is 3.41. The topological polar surface area (TPSA) is 47.6 Å². The first-order valence-electron chi connectivity index (χ1n) is 6.84. The van der Waals surface area contributed by atoms with E-state index in [9.17, 15) is 4.79 Å². The van der Waals surface area contributed by atoms with Crippen molar-refractivity contribution in [2.45, 2.75) is 38.3 Å². The molecule has 1 aliphatic heterocycles. The minimum atomic E-state index is -0.0908. The first-order chi connectivity index (χ1) is 9.60. The van der Waals surface area contributed by atoms with Gasteiger partial charge in [-0.25, -0.2) is 0 Å². The second-order valence-electron chi connectivity index (χ2n) is 5.01. The van der Waals surface area contributed by atoms with Gasteiger partial charge in [0.1, 0.15) is 5.75 Å². The normalized spacial score (nSPS) is 19.6. The number of ether oxygens (including phenoxy) is 2. The van der Waals surface area contributed by atoms with Gasteiger partial charge in [-0.15, -0.1) is 0 Å². The molecule has 0 radical (unpaired) electrons. The molecule has 1 aromatic rings. The number of benzene rings is 1. The van der Waals surface area contributed by atoms with Crippen LogP contribution < -0.4 is 10.1 Å². The van der Waals surface area contributed by atoms with Crippen LogP contribution in [0, 0.1) is 0 Å². The molecule has 0 saturated carbocycles. The molecule has 0 aliphatic carbocycles. The highest BCUT2D eigenvalue weighted by atomic mass is 79.9. The standard InChI is InChI=1S/C15H20BrNO3/c1-10(13-6-5-11(16)8-14(13)19-2)17-15(18)9-12-4-3-7-20-12/h5-6,8,10,12H,3-4,7,9H2,1-2H3,(H,17,18)/t10-,12+/m0/s1. The molecule has 1 heterocycles. The van der Waals surface area contributed by atoms with Crippen molar-refractivity contribution < 1.29 is 14.3 Å². The number of halogens is 1. The van der Waals surface area contributed by atoms with Crippen molar-refractivity contribution in [3.8, 4) is 5.75 Å². The zero-order valence-electron chi connectivity index (χ0n) is 11.8. The van der Waals surface area contributed by atoms with Crippen molar-refractivity contribution in [2.75, 3.05) is 13.7 Å². The smallest absolute Gasteiger partial charge is 0.223 e. The van der Waals surface area contributed by atoms with E-state index in [2.05, 4.69) is 21.2 Å². The van der Waals surface area contributed by atoms with E-state index in [4.69, 9.17) is 9.47 Å². The van der Waals surface area contributed by atoms with Crippen LogP contribution in [-0.2, 0) is 9.53 Å². The molecule has 1 aliphatic rings. The van der Waals surface area contributed by atoms with E-state index in [-0.39, 0.29) is 18.1 Å². The van der Waals surface area contributed by atoms with Crippen LogP contribution in [-0.4, -0.2) is 25.7 Å². The Bertz CT molecular complexity index is 472. The van der Waals surface area contributed by atoms with Crippen molar-refractivity contribution in [1.29, 1.82) is 0 Å². The van der Waals surface area contributed by atoms with E-state index in [0.29, 0.717) is 6.42 Å². The number of hydrogen-bond donors (Lipinski definition) is 1. The summed E-state index contributed by atoms with van der Waals surface area (Å²) in [6.07, 6.45) is 2.54. The average molecular weight is 342 g/mol. The third-order valence-electron chi connectivity index (χ3n) is 3.48. The maximum Gasteiger partial charge on any atom is 0.223 e. The molecule has 1 fully saturated rings. The minimum absolute atomic E-state index is 0.0226. The lowest BCUT2D eigenvalue weighted by molar-refractivity contribution is -0.123. The molecule has 2 atom stereocenters. The molecule has 1 amide bonds. The van der Waals surface area contributed by atoms with Gasteiger partial charge < -0.3 is 14.8 Å². The van der Waals surface area contributed by atoms with Crippen molar-refractivity contribution >= 4 is 21.8 Å². The molecule has 1 saturated heterocycles. The SMILES string of the molecule is COc1cc(Br)ccc1[C@H](C)NC(=O)C[C@H]1CCCO1. The van der Waals surface area contributed by atoms with Crippen molar-refractivity contribution in [3.63, 3.8) is 0 Å². The van der Waals surface area contributed by atoms with Gasteiger partial charge in [0.2, 0.25) is 5.91 Å². The molecule has 0 unspecified atom stereocenters. The van der Waals surface area contributed by atoms with Crippen LogP contribution in [0.2, 0.25) is 0 Å². The summed E-state index contributed by atoms with van der Waals surface area (Å²) in [5, 5.41) is 3.00. The average Bonchev–Trinajstić information content (AvgIpc) is 2.90. The van der Waals surface area contributed by atoms with Gasteiger partial charge in [-0.1, -0.05) is 22.0 Å². The molecule has 1 N–H and O–H groups in total. The van der Waals surface area contributed by atoms with Crippen LogP contribution in [0.25, 0.3) is 0 Å². The molecule has 1 aromatic carbocycles. The summed E-state index contributed by atoms with van der Waals surface area (Å²) in [6, 6.07) is 5.71. The monoisotopic (exact) mass is 341 g/mol. The second kappa shape index (κ2) is 7.09. The summed E-state index contributed by atoms with van der Waals surface area (Å²) in [6.45, 7) is 2.73. The minimum Gasteiger partial charge on any atom is -0.496 e. The van der Waals surface area contributed by atoms with Gasteiger partial charge in [-0.2, -0.15) is 0 Å². The van der Waals surface area contributed by atoms with Gasteiger partial charge in [0.25, 0.3) is 0 Å². The highest BCUT2D eigenvalue weighted by Crippen LogP contribution is 2.28. The Balaban J connectivity index is 1.96. The Morgan fingerprint density at radius 1 is 1.60 bits per heavy atom. The molecule has 2 rings (SSSR count). The largest absolute Gasteiger partial charge is 0.496 e. The Kier molecular flexibility index (Phi) is 5.43. The number of amides is 1. The number of rotatable bonds is 5. The van der Waals surface area contributed by atoms with Crippen LogP contribution in [0.5, 0.6) is 5.75 Å². The molecule has 5 heteroatoms. The Hall–Kier alpha value is -1.07. The fourth-order valence-corrected chi connectivity index (χ4v) is 2.77. The van der Waals surface area contributed by atoms with Crippen LogP contribution in [0.1, 0.15) is 37.8 Å². The van der Waals surface area contributed by atoms with E-state index in [1.54, 1.807) is 7.11 Å². The van der Waals surface area contributed by atoms with Gasteiger partial charge in [0.05, 0.1) is 25.7 Å². The number of hydrogen-bond acceptors (Lipinski definition) is 3. The maximum atomic E-state index is 12.0. The van der Waals surface area contributed by atoms with Crippen molar-refractivity contribution in [1.82, 2.24) is 5.32 Å².